The Morgan fingerprint density at radius 3 is 2.36 bits per heavy atom. The Bertz CT molecular complexity index is 741. The lowest BCUT2D eigenvalue weighted by atomic mass is 10.0. The Hall–Kier alpha value is -1.99. The van der Waals surface area contributed by atoms with Crippen LogP contribution in [-0.4, -0.2) is 56.1 Å². The number of ether oxygens (including phenoxy) is 3. The van der Waals surface area contributed by atoms with E-state index >= 15 is 0 Å². The number of nitrogens with zero attached hydrogens (tertiary/aromatic N) is 1. The molecule has 2 N–H and O–H groups in total. The van der Waals surface area contributed by atoms with Gasteiger partial charge in [-0.15, -0.1) is 0 Å². The maximum Gasteiger partial charge on any atom is 0.242 e. The normalized spacial score (nSPS) is 13.6. The van der Waals surface area contributed by atoms with Crippen molar-refractivity contribution in [2.45, 2.75) is 45.7 Å². The molecule has 2 rings (SSSR count). The molecule has 6 heteroatoms. The molecule has 2 aromatic rings. The molecule has 0 bridgehead atoms. The molecule has 0 heterocycles. The third kappa shape index (κ3) is 5.52. The average molecular weight is 389 g/mol. The molecule has 0 aliphatic rings. The van der Waals surface area contributed by atoms with Gasteiger partial charge in [0, 0.05) is 26.9 Å². The molecule has 154 valence electrons. The van der Waals surface area contributed by atoms with Crippen LogP contribution in [0.1, 0.15) is 26.3 Å². The van der Waals surface area contributed by atoms with Crippen molar-refractivity contribution in [3.8, 4) is 0 Å². The highest BCUT2D eigenvalue weighted by Crippen LogP contribution is 2.22. The van der Waals surface area contributed by atoms with E-state index in [9.17, 15) is 4.79 Å². The Morgan fingerprint density at radius 2 is 1.71 bits per heavy atom. The van der Waals surface area contributed by atoms with Gasteiger partial charge in [-0.05, 0) is 37.1 Å². The predicted octanol–water partition coefficient (Wildman–Crippen LogP) is 2.93. The van der Waals surface area contributed by atoms with Crippen molar-refractivity contribution in [3.63, 3.8) is 0 Å². The van der Waals surface area contributed by atoms with Gasteiger partial charge in [0.25, 0.3) is 0 Å². The molecule has 0 aliphatic heterocycles. The molecule has 6 nitrogen and oxygen atoms in total. The summed E-state index contributed by atoms with van der Waals surface area (Å²) < 4.78 is 16.6. The summed E-state index contributed by atoms with van der Waals surface area (Å²) in [6.45, 7) is 7.31. The fraction of sp³-hybridized carbons (Fsp3) is 0.500. The Balaban J connectivity index is 2.37. The van der Waals surface area contributed by atoms with Gasteiger partial charge in [0.15, 0.2) is 6.29 Å². The third-order valence-corrected chi connectivity index (χ3v) is 4.71. The number of benzene rings is 2. The number of fused-ring (bicyclic) bond motifs is 1. The van der Waals surface area contributed by atoms with E-state index in [2.05, 4.69) is 18.2 Å². The van der Waals surface area contributed by atoms with Crippen LogP contribution >= 0.6 is 0 Å². The van der Waals surface area contributed by atoms with Crippen molar-refractivity contribution in [1.82, 2.24) is 4.90 Å². The van der Waals surface area contributed by atoms with Crippen molar-refractivity contribution in [2.24, 2.45) is 5.73 Å². The summed E-state index contributed by atoms with van der Waals surface area (Å²) in [4.78, 5) is 14.9. The average Bonchev–Trinajstić information content (AvgIpc) is 2.71. The van der Waals surface area contributed by atoms with Crippen molar-refractivity contribution in [2.75, 3.05) is 26.9 Å². The molecule has 28 heavy (non-hydrogen) atoms. The lowest BCUT2D eigenvalue weighted by Crippen LogP contribution is -2.53. The van der Waals surface area contributed by atoms with Gasteiger partial charge in [-0.1, -0.05) is 42.5 Å². The van der Waals surface area contributed by atoms with Crippen LogP contribution < -0.4 is 5.73 Å². The SMILES string of the molecule is CCOC(OCC)C(C)N(Cc1cccc2ccccc12)C(=O)C(N)COC. The van der Waals surface area contributed by atoms with Crippen LogP contribution in [0.5, 0.6) is 0 Å². The van der Waals surface area contributed by atoms with Crippen molar-refractivity contribution in [3.05, 3.63) is 48.0 Å². The molecule has 2 aromatic carbocycles. The minimum Gasteiger partial charge on any atom is -0.383 e. The number of rotatable bonds is 11. The van der Waals surface area contributed by atoms with E-state index in [0.29, 0.717) is 19.8 Å². The highest BCUT2D eigenvalue weighted by Gasteiger charge is 2.31. The number of amides is 1. The highest BCUT2D eigenvalue weighted by molar-refractivity contribution is 5.87. The van der Waals surface area contributed by atoms with Gasteiger partial charge in [0.05, 0.1) is 12.6 Å². The van der Waals surface area contributed by atoms with Crippen LogP contribution in [0.3, 0.4) is 0 Å². The summed E-state index contributed by atoms with van der Waals surface area (Å²) in [5.74, 6) is -0.188. The fourth-order valence-electron chi connectivity index (χ4n) is 3.30. The van der Waals surface area contributed by atoms with Gasteiger partial charge in [-0.25, -0.2) is 0 Å². The number of carbonyl (C=O) groups is 1. The van der Waals surface area contributed by atoms with Crippen LogP contribution in [0.15, 0.2) is 42.5 Å². The van der Waals surface area contributed by atoms with E-state index in [1.54, 1.807) is 4.90 Å². The van der Waals surface area contributed by atoms with Crippen molar-refractivity contribution >= 4 is 16.7 Å². The zero-order valence-electron chi connectivity index (χ0n) is 17.3. The lowest BCUT2D eigenvalue weighted by molar-refractivity contribution is -0.179. The summed E-state index contributed by atoms with van der Waals surface area (Å²) in [5, 5.41) is 2.24. The first-order valence-electron chi connectivity index (χ1n) is 9.78. The molecule has 0 aromatic heterocycles. The summed E-state index contributed by atoms with van der Waals surface area (Å²) in [7, 11) is 1.54. The first-order chi connectivity index (χ1) is 13.5. The largest absolute Gasteiger partial charge is 0.383 e. The van der Waals surface area contributed by atoms with E-state index < -0.39 is 12.3 Å². The summed E-state index contributed by atoms with van der Waals surface area (Å²) in [5.41, 5.74) is 7.13. The number of carbonyl (C=O) groups excluding carboxylic acids is 1. The maximum absolute atomic E-state index is 13.1. The van der Waals surface area contributed by atoms with E-state index in [1.165, 1.54) is 7.11 Å². The molecular formula is C22H32N2O4. The van der Waals surface area contributed by atoms with Gasteiger partial charge in [-0.3, -0.25) is 4.79 Å². The first-order valence-corrected chi connectivity index (χ1v) is 9.78. The molecule has 2 unspecified atom stereocenters. The standard InChI is InChI=1S/C22H32N2O4/c1-5-27-22(28-6-2)16(3)24(21(25)20(23)15-26-4)14-18-12-9-11-17-10-7-8-13-19(17)18/h7-13,16,20,22H,5-6,14-15,23H2,1-4H3. The quantitative estimate of drug-likeness (QED) is 0.599. The minimum absolute atomic E-state index is 0.158. The zero-order chi connectivity index (χ0) is 20.5. The van der Waals surface area contributed by atoms with Crippen molar-refractivity contribution in [1.29, 1.82) is 0 Å². The fourth-order valence-corrected chi connectivity index (χ4v) is 3.30. The second-order valence-corrected chi connectivity index (χ2v) is 6.69. The lowest BCUT2D eigenvalue weighted by Gasteiger charge is -2.36. The van der Waals surface area contributed by atoms with Crippen LogP contribution in [0.2, 0.25) is 0 Å². The van der Waals surface area contributed by atoms with Crippen molar-refractivity contribution < 1.29 is 19.0 Å². The molecule has 2 atom stereocenters. The Kier molecular flexibility index (Phi) is 8.86. The number of hydrogen-bond acceptors (Lipinski definition) is 5. The molecular weight excluding hydrogens is 356 g/mol. The molecule has 0 saturated carbocycles. The van der Waals surface area contributed by atoms with Crippen LogP contribution in [0, 0.1) is 0 Å². The van der Waals surface area contributed by atoms with Crippen LogP contribution in [0.25, 0.3) is 10.8 Å². The van der Waals surface area contributed by atoms with E-state index in [0.717, 1.165) is 16.3 Å². The molecule has 0 saturated heterocycles. The van der Waals surface area contributed by atoms with Crippen LogP contribution in [0.4, 0.5) is 0 Å². The third-order valence-electron chi connectivity index (χ3n) is 4.71. The number of methoxy groups -OCH3 is 1. The molecule has 0 fully saturated rings. The first kappa shape index (κ1) is 22.3. The summed E-state index contributed by atoms with van der Waals surface area (Å²) in [6.07, 6.45) is -0.524. The second kappa shape index (κ2) is 11.1. The van der Waals surface area contributed by atoms with Crippen LogP contribution in [-0.2, 0) is 25.5 Å². The molecule has 0 spiro atoms. The number of hydrogen-bond donors (Lipinski definition) is 1. The minimum atomic E-state index is -0.744. The number of nitrogens with two attached hydrogens (primary N) is 1. The molecule has 0 aliphatic carbocycles. The van der Waals surface area contributed by atoms with Gasteiger partial charge >= 0.3 is 0 Å². The van der Waals surface area contributed by atoms with Gasteiger partial charge in [-0.2, -0.15) is 0 Å². The van der Waals surface area contributed by atoms with E-state index in [-0.39, 0.29) is 18.6 Å². The molecule has 0 radical (unpaired) electrons. The summed E-state index contributed by atoms with van der Waals surface area (Å²) in [6, 6.07) is 13.2. The van der Waals surface area contributed by atoms with Gasteiger partial charge < -0.3 is 24.8 Å². The smallest absolute Gasteiger partial charge is 0.242 e. The van der Waals surface area contributed by atoms with E-state index in [4.69, 9.17) is 19.9 Å². The maximum atomic E-state index is 13.1. The Morgan fingerprint density at radius 1 is 1.07 bits per heavy atom. The summed E-state index contributed by atoms with van der Waals surface area (Å²) >= 11 is 0. The van der Waals surface area contributed by atoms with E-state index in [1.807, 2.05) is 45.0 Å². The molecule has 1 amide bonds. The predicted molar refractivity (Wildman–Crippen MR) is 111 cm³/mol. The Labute approximate surface area is 167 Å². The highest BCUT2D eigenvalue weighted by atomic mass is 16.7. The van der Waals surface area contributed by atoms with Gasteiger partial charge in [0.1, 0.15) is 6.04 Å². The second-order valence-electron chi connectivity index (χ2n) is 6.69. The topological polar surface area (TPSA) is 74.0 Å². The monoisotopic (exact) mass is 388 g/mol. The zero-order valence-corrected chi connectivity index (χ0v) is 17.3. The van der Waals surface area contributed by atoms with Gasteiger partial charge in [0.2, 0.25) is 5.91 Å².